The van der Waals surface area contributed by atoms with Gasteiger partial charge >= 0.3 is 0 Å². The average Bonchev–Trinajstić information content (AvgIpc) is 2.93. The first-order valence-electron chi connectivity index (χ1n) is 6.69. The number of hydrogen-bond donors (Lipinski definition) is 2. The van der Waals surface area contributed by atoms with E-state index in [2.05, 4.69) is 22.3 Å². The van der Waals surface area contributed by atoms with Crippen LogP contribution in [0.2, 0.25) is 0 Å². The van der Waals surface area contributed by atoms with Crippen molar-refractivity contribution >= 4 is 11.6 Å². The van der Waals surface area contributed by atoms with Crippen molar-refractivity contribution in [3.63, 3.8) is 0 Å². The van der Waals surface area contributed by atoms with Crippen molar-refractivity contribution in [1.29, 1.82) is 0 Å². The van der Waals surface area contributed by atoms with Crippen LogP contribution in [0, 0.1) is 0 Å². The van der Waals surface area contributed by atoms with E-state index in [4.69, 9.17) is 5.73 Å². The first kappa shape index (κ1) is 14.2. The summed E-state index contributed by atoms with van der Waals surface area (Å²) in [6, 6.07) is 7.34. The van der Waals surface area contributed by atoms with Crippen molar-refractivity contribution in [2.24, 2.45) is 5.73 Å². The summed E-state index contributed by atoms with van der Waals surface area (Å²) in [6.45, 7) is 2.06. The summed E-state index contributed by atoms with van der Waals surface area (Å²) in [7, 11) is 0. The third kappa shape index (κ3) is 3.89. The highest BCUT2D eigenvalue weighted by molar-refractivity contribution is 5.91. The van der Waals surface area contributed by atoms with E-state index in [0.29, 0.717) is 6.42 Å². The number of hydrogen-bond acceptors (Lipinski definition) is 4. The molecular formula is C14H19N5O. The van der Waals surface area contributed by atoms with Gasteiger partial charge in [0.05, 0.1) is 5.69 Å². The van der Waals surface area contributed by atoms with E-state index in [1.165, 1.54) is 6.33 Å². The summed E-state index contributed by atoms with van der Waals surface area (Å²) in [5.74, 6) is -0.0561. The molecule has 1 heterocycles. The Morgan fingerprint density at radius 1 is 1.40 bits per heavy atom. The van der Waals surface area contributed by atoms with Gasteiger partial charge in [0.2, 0.25) is 5.91 Å². The predicted molar refractivity (Wildman–Crippen MR) is 77.5 cm³/mol. The minimum Gasteiger partial charge on any atom is -0.327 e. The van der Waals surface area contributed by atoms with Gasteiger partial charge in [-0.05, 0) is 30.7 Å². The van der Waals surface area contributed by atoms with E-state index >= 15 is 0 Å². The van der Waals surface area contributed by atoms with Crippen molar-refractivity contribution in [3.8, 4) is 5.69 Å². The van der Waals surface area contributed by atoms with Crippen LogP contribution in [0.3, 0.4) is 0 Å². The molecule has 1 aromatic carbocycles. The van der Waals surface area contributed by atoms with Crippen molar-refractivity contribution < 1.29 is 4.79 Å². The molecule has 0 saturated carbocycles. The largest absolute Gasteiger partial charge is 0.327 e. The number of carbonyl (C=O) groups excluding carboxylic acids is 1. The van der Waals surface area contributed by atoms with Crippen LogP contribution >= 0.6 is 0 Å². The molecule has 2 rings (SSSR count). The highest BCUT2D eigenvalue weighted by Gasteiger charge is 2.09. The molecule has 0 fully saturated rings. The quantitative estimate of drug-likeness (QED) is 0.839. The van der Waals surface area contributed by atoms with E-state index in [0.717, 1.165) is 24.2 Å². The molecule has 0 radical (unpaired) electrons. The first-order chi connectivity index (χ1) is 9.69. The second-order valence-corrected chi connectivity index (χ2v) is 4.69. The zero-order valence-corrected chi connectivity index (χ0v) is 11.5. The standard InChI is InChI=1S/C14H19N5O/c1-2-3-11(15)8-14(20)18-12-4-6-13(7-5-12)19-10-16-9-17-19/h4-7,9-11H,2-3,8,15H2,1H3,(H,18,20). The van der Waals surface area contributed by atoms with Crippen LogP contribution in [0.25, 0.3) is 5.69 Å². The highest BCUT2D eigenvalue weighted by atomic mass is 16.1. The Morgan fingerprint density at radius 3 is 2.75 bits per heavy atom. The fraction of sp³-hybridized carbons (Fsp3) is 0.357. The SMILES string of the molecule is CCCC(N)CC(=O)Nc1ccc(-n2cncn2)cc1. The van der Waals surface area contributed by atoms with E-state index in [1.807, 2.05) is 24.3 Å². The molecule has 0 aliphatic carbocycles. The molecule has 3 N–H and O–H groups in total. The maximum absolute atomic E-state index is 11.8. The third-order valence-electron chi connectivity index (χ3n) is 2.94. The molecule has 0 aliphatic heterocycles. The Bertz CT molecular complexity index is 535. The van der Waals surface area contributed by atoms with Crippen LogP contribution in [0.1, 0.15) is 26.2 Å². The maximum atomic E-state index is 11.8. The van der Waals surface area contributed by atoms with Crippen LogP contribution in [-0.4, -0.2) is 26.7 Å². The molecule has 6 heteroatoms. The van der Waals surface area contributed by atoms with Crippen molar-refractivity contribution in [2.45, 2.75) is 32.2 Å². The van der Waals surface area contributed by atoms with E-state index < -0.39 is 0 Å². The van der Waals surface area contributed by atoms with Gasteiger partial charge in [-0.25, -0.2) is 9.67 Å². The summed E-state index contributed by atoms with van der Waals surface area (Å²) in [4.78, 5) is 15.7. The molecule has 0 aliphatic rings. The summed E-state index contributed by atoms with van der Waals surface area (Å²) < 4.78 is 1.66. The zero-order chi connectivity index (χ0) is 14.4. The molecule has 1 unspecified atom stereocenters. The first-order valence-corrected chi connectivity index (χ1v) is 6.69. The fourth-order valence-corrected chi connectivity index (χ4v) is 1.96. The van der Waals surface area contributed by atoms with E-state index in [1.54, 1.807) is 11.0 Å². The number of amides is 1. The third-order valence-corrected chi connectivity index (χ3v) is 2.94. The van der Waals surface area contributed by atoms with Gasteiger partial charge in [0.1, 0.15) is 12.7 Å². The number of nitrogens with one attached hydrogen (secondary N) is 1. The molecule has 1 amide bonds. The lowest BCUT2D eigenvalue weighted by Gasteiger charge is -2.11. The van der Waals surface area contributed by atoms with Crippen molar-refractivity contribution in [2.75, 3.05) is 5.32 Å². The molecule has 0 spiro atoms. The van der Waals surface area contributed by atoms with Gasteiger partial charge in [-0.2, -0.15) is 5.10 Å². The van der Waals surface area contributed by atoms with E-state index in [-0.39, 0.29) is 11.9 Å². The number of carbonyl (C=O) groups is 1. The Kier molecular flexibility index (Phi) is 4.84. The predicted octanol–water partition coefficient (Wildman–Crippen LogP) is 1.72. The van der Waals surface area contributed by atoms with Crippen molar-refractivity contribution in [1.82, 2.24) is 14.8 Å². The lowest BCUT2D eigenvalue weighted by Crippen LogP contribution is -2.26. The fourth-order valence-electron chi connectivity index (χ4n) is 1.96. The Hall–Kier alpha value is -2.21. The number of rotatable bonds is 6. The van der Waals surface area contributed by atoms with Gasteiger partial charge in [-0.3, -0.25) is 4.79 Å². The molecule has 1 aromatic heterocycles. The molecule has 1 atom stereocenters. The van der Waals surface area contributed by atoms with Crippen LogP contribution in [0.5, 0.6) is 0 Å². The van der Waals surface area contributed by atoms with Crippen molar-refractivity contribution in [3.05, 3.63) is 36.9 Å². The van der Waals surface area contributed by atoms with Gasteiger partial charge in [-0.1, -0.05) is 13.3 Å². The monoisotopic (exact) mass is 273 g/mol. The summed E-state index contributed by atoms with van der Waals surface area (Å²) in [6.07, 6.45) is 5.29. The number of aromatic nitrogens is 3. The number of nitrogens with two attached hydrogens (primary N) is 1. The summed E-state index contributed by atoms with van der Waals surface area (Å²) in [5.41, 5.74) is 7.49. The van der Waals surface area contributed by atoms with Crippen LogP contribution < -0.4 is 11.1 Å². The van der Waals surface area contributed by atoms with Gasteiger partial charge in [0.25, 0.3) is 0 Å². The minimum absolute atomic E-state index is 0.0561. The van der Waals surface area contributed by atoms with Gasteiger partial charge in [0.15, 0.2) is 0 Å². The zero-order valence-electron chi connectivity index (χ0n) is 11.5. The maximum Gasteiger partial charge on any atom is 0.225 e. The second kappa shape index (κ2) is 6.81. The second-order valence-electron chi connectivity index (χ2n) is 4.69. The summed E-state index contributed by atoms with van der Waals surface area (Å²) >= 11 is 0. The van der Waals surface area contributed by atoms with Crippen LogP contribution in [0.15, 0.2) is 36.9 Å². The van der Waals surface area contributed by atoms with Crippen LogP contribution in [0.4, 0.5) is 5.69 Å². The van der Waals surface area contributed by atoms with Gasteiger partial charge < -0.3 is 11.1 Å². The minimum atomic E-state index is -0.0746. The normalized spacial score (nSPS) is 12.1. The molecule has 0 saturated heterocycles. The topological polar surface area (TPSA) is 85.8 Å². The number of benzene rings is 1. The van der Waals surface area contributed by atoms with Gasteiger partial charge in [-0.15, -0.1) is 0 Å². The lowest BCUT2D eigenvalue weighted by molar-refractivity contribution is -0.116. The smallest absolute Gasteiger partial charge is 0.225 e. The molecule has 0 bridgehead atoms. The van der Waals surface area contributed by atoms with E-state index in [9.17, 15) is 4.79 Å². The Balaban J connectivity index is 1.92. The molecule has 6 nitrogen and oxygen atoms in total. The number of nitrogens with zero attached hydrogens (tertiary/aromatic N) is 3. The molecule has 20 heavy (non-hydrogen) atoms. The summed E-state index contributed by atoms with van der Waals surface area (Å²) in [5, 5.41) is 6.88. The molecule has 2 aromatic rings. The Labute approximate surface area is 118 Å². The van der Waals surface area contributed by atoms with Gasteiger partial charge in [0, 0.05) is 18.2 Å². The molecule has 106 valence electrons. The molecular weight excluding hydrogens is 254 g/mol. The number of anilines is 1. The lowest BCUT2D eigenvalue weighted by atomic mass is 10.1. The Morgan fingerprint density at radius 2 is 2.15 bits per heavy atom. The van der Waals surface area contributed by atoms with Crippen LogP contribution in [-0.2, 0) is 4.79 Å². The average molecular weight is 273 g/mol. The highest BCUT2D eigenvalue weighted by Crippen LogP contribution is 2.12.